The predicted octanol–water partition coefficient (Wildman–Crippen LogP) is 4.23. The van der Waals surface area contributed by atoms with Crippen LogP contribution in [0.2, 0.25) is 13.1 Å². The minimum Gasteiger partial charge on any atom is -1.00 e. The van der Waals surface area contributed by atoms with Gasteiger partial charge in [-0.25, -0.2) is 0 Å². The van der Waals surface area contributed by atoms with Gasteiger partial charge in [0.05, 0.1) is 0 Å². The molecule has 4 aliphatic rings. The van der Waals surface area contributed by atoms with Crippen LogP contribution in [0.5, 0.6) is 0 Å². The molecule has 0 amide bonds. The Bertz CT molecular complexity index is 1530. The van der Waals surface area contributed by atoms with E-state index in [1.165, 1.54) is 48.0 Å². The Labute approximate surface area is 322 Å². The van der Waals surface area contributed by atoms with Crippen LogP contribution in [0.4, 0.5) is 0 Å². The number of halogens is 2. The third kappa shape index (κ3) is 8.94. The molecule has 0 aliphatic heterocycles. The molecule has 0 nitrogen and oxygen atoms in total. The molecular formula is C42H54Cl2Hf2Si2. The van der Waals surface area contributed by atoms with Crippen LogP contribution in [0.3, 0.4) is 0 Å². The van der Waals surface area contributed by atoms with E-state index in [-0.39, 0.29) is 24.8 Å². The Morgan fingerprint density at radius 2 is 0.625 bits per heavy atom. The van der Waals surface area contributed by atoms with Gasteiger partial charge >= 0.3 is 301 Å². The first-order valence-electron chi connectivity index (χ1n) is 17.3. The van der Waals surface area contributed by atoms with E-state index in [2.05, 4.69) is 153 Å². The standard InChI is InChI=1S/2C7H9Si.4C7H9.2ClH.2Hf/c2*1-8-7-5-3-2-4-6-7;4*1-6-4-3-5-7(6)2;;;;/h2*2-6,8H,1H3;4*4H,3H2,1-2H3;2*1H;;/q;;;;;;;;2*+1/p-2. The molecule has 0 heterocycles. The molecule has 252 valence electrons. The smallest absolute Gasteiger partial charge is 1.00 e. The van der Waals surface area contributed by atoms with Gasteiger partial charge in [-0.15, -0.1) is 0 Å². The van der Waals surface area contributed by atoms with E-state index in [0.717, 1.165) is 0 Å². The number of benzene rings is 2. The summed E-state index contributed by atoms with van der Waals surface area (Å²) in [6, 6.07) is 22.9. The topological polar surface area (TPSA) is 0 Å². The molecule has 2 unspecified atom stereocenters. The van der Waals surface area contributed by atoms with Crippen molar-refractivity contribution in [2.45, 2.75) is 94.2 Å². The van der Waals surface area contributed by atoms with E-state index in [0.29, 0.717) is 0 Å². The van der Waals surface area contributed by atoms with Crippen molar-refractivity contribution in [3.8, 4) is 0 Å². The summed E-state index contributed by atoms with van der Waals surface area (Å²) in [5.41, 5.74) is 12.7. The Kier molecular flexibility index (Phi) is 16.1. The summed E-state index contributed by atoms with van der Waals surface area (Å²) in [4.78, 5) is 0. The van der Waals surface area contributed by atoms with Crippen LogP contribution < -0.4 is 35.2 Å². The fourth-order valence-electron chi connectivity index (χ4n) is 7.67. The minimum atomic E-state index is -1.98. The Hall–Kier alpha value is -0.886. The zero-order chi connectivity index (χ0) is 33.1. The summed E-state index contributed by atoms with van der Waals surface area (Å²) in [7, 11) is 0. The molecule has 2 aromatic rings. The van der Waals surface area contributed by atoms with Crippen molar-refractivity contribution in [3.63, 3.8) is 0 Å². The summed E-state index contributed by atoms with van der Waals surface area (Å²) in [6.45, 7) is 24.0. The fraction of sp³-hybridized carbons (Fsp3) is 0.333. The molecule has 0 fully saturated rings. The summed E-state index contributed by atoms with van der Waals surface area (Å²) in [5, 5.41) is 3.37. The van der Waals surface area contributed by atoms with E-state index in [1.807, 2.05) is 13.3 Å². The molecule has 0 N–H and O–H groups in total. The average molecular weight is 1040 g/mol. The van der Waals surface area contributed by atoms with Crippen molar-refractivity contribution < 1.29 is 66.0 Å². The van der Waals surface area contributed by atoms with Crippen LogP contribution in [0.25, 0.3) is 0 Å². The maximum absolute atomic E-state index is 2.64. The first kappa shape index (κ1) is 41.5. The molecule has 0 radical (unpaired) electrons. The van der Waals surface area contributed by atoms with Crippen LogP contribution in [-0.2, 0) is 41.2 Å². The third-order valence-electron chi connectivity index (χ3n) is 11.4. The van der Waals surface area contributed by atoms with Gasteiger partial charge in [-0.2, -0.15) is 0 Å². The Morgan fingerprint density at radius 3 is 0.812 bits per heavy atom. The van der Waals surface area contributed by atoms with Gasteiger partial charge in [0.1, 0.15) is 0 Å². The van der Waals surface area contributed by atoms with E-state index < -0.39 is 53.2 Å². The van der Waals surface area contributed by atoms with Crippen molar-refractivity contribution >= 4 is 22.3 Å². The zero-order valence-electron chi connectivity index (χ0n) is 30.8. The van der Waals surface area contributed by atoms with Crippen LogP contribution in [-0.4, -0.2) is 12.0 Å². The Morgan fingerprint density at radius 1 is 0.396 bits per heavy atom. The molecule has 4 aliphatic carbocycles. The average Bonchev–Trinajstić information content (AvgIpc) is 3.79. The molecule has 48 heavy (non-hydrogen) atoms. The second kappa shape index (κ2) is 18.6. The van der Waals surface area contributed by atoms with Crippen LogP contribution in [0.15, 0.2) is 143 Å². The first-order valence-corrected chi connectivity index (χ1v) is 41.6. The Balaban J connectivity index is 0.000000250. The van der Waals surface area contributed by atoms with Crippen molar-refractivity contribution in [3.05, 3.63) is 143 Å². The fourth-order valence-corrected chi connectivity index (χ4v) is 72.7. The molecule has 0 aromatic heterocycles. The number of hydrogen-bond donors (Lipinski definition) is 0. The van der Waals surface area contributed by atoms with E-state index >= 15 is 0 Å². The molecule has 0 spiro atoms. The molecule has 0 bridgehead atoms. The maximum Gasteiger partial charge on any atom is -1.00 e. The third-order valence-corrected chi connectivity index (χ3v) is 70.8. The number of hydrogen-bond acceptors (Lipinski definition) is 0. The maximum atomic E-state index is 2.64. The van der Waals surface area contributed by atoms with Gasteiger partial charge in [0.15, 0.2) is 0 Å². The molecule has 2 aromatic carbocycles. The van der Waals surface area contributed by atoms with Crippen LogP contribution >= 0.6 is 0 Å². The molecular weight excluding hydrogens is 989 g/mol. The second-order valence-electron chi connectivity index (χ2n) is 13.9. The van der Waals surface area contributed by atoms with Crippen LogP contribution in [0.1, 0.15) is 81.1 Å². The summed E-state index contributed by atoms with van der Waals surface area (Å²) in [6.07, 6.45) is 14.9. The predicted molar refractivity (Wildman–Crippen MR) is 202 cm³/mol. The number of allylic oxidation sites excluding steroid dienone is 16. The monoisotopic (exact) mass is 1040 g/mol. The van der Waals surface area contributed by atoms with Gasteiger partial charge in [-0.05, 0) is 0 Å². The van der Waals surface area contributed by atoms with Gasteiger partial charge in [0, 0.05) is 0 Å². The van der Waals surface area contributed by atoms with E-state index in [1.54, 1.807) is 32.7 Å². The van der Waals surface area contributed by atoms with Crippen LogP contribution in [0, 0.1) is 0 Å². The largest absolute Gasteiger partial charge is 1.00 e. The second-order valence-corrected chi connectivity index (χ2v) is 60.8. The van der Waals surface area contributed by atoms with Crippen molar-refractivity contribution in [1.82, 2.24) is 0 Å². The molecule has 6 heteroatoms. The van der Waals surface area contributed by atoms with Crippen molar-refractivity contribution in [1.29, 1.82) is 0 Å². The van der Waals surface area contributed by atoms with Crippen molar-refractivity contribution in [2.24, 2.45) is 0 Å². The van der Waals surface area contributed by atoms with Gasteiger partial charge in [0.25, 0.3) is 0 Å². The van der Waals surface area contributed by atoms with E-state index in [4.69, 9.17) is 0 Å². The summed E-state index contributed by atoms with van der Waals surface area (Å²) in [5.74, 6) is -1.77. The molecule has 6 rings (SSSR count). The first-order chi connectivity index (χ1) is 22.0. The van der Waals surface area contributed by atoms with Gasteiger partial charge in [-0.3, -0.25) is 0 Å². The van der Waals surface area contributed by atoms with E-state index in [9.17, 15) is 0 Å². The van der Waals surface area contributed by atoms with Crippen molar-refractivity contribution in [2.75, 3.05) is 0 Å². The van der Waals surface area contributed by atoms with Gasteiger partial charge in [0.2, 0.25) is 0 Å². The SMILES string of the molecule is CC1=CC[C]([Hf+]([C]2=C(C)C(C)=CC2)[SiH](C)c2ccccc2)=C1C.CC1=CC[C]([Hf+]([C]2=C(C)C(C)=CC2)[SiH](C)c2ccccc2)=C1C.[Cl-].[Cl-]. The summed E-state index contributed by atoms with van der Waals surface area (Å²) < 4.78 is 7.64. The summed E-state index contributed by atoms with van der Waals surface area (Å²) >= 11 is -3.96. The normalized spacial score (nSPS) is 18.4. The molecule has 0 saturated carbocycles. The quantitative estimate of drug-likeness (QED) is 0.348. The minimum absolute atomic E-state index is 0. The number of rotatable bonds is 8. The molecule has 0 saturated heterocycles. The zero-order valence-corrected chi connectivity index (χ0v) is 41.8. The molecule has 2 atom stereocenters. The van der Waals surface area contributed by atoms with Gasteiger partial charge < -0.3 is 24.8 Å². The van der Waals surface area contributed by atoms with Gasteiger partial charge in [-0.1, -0.05) is 0 Å².